The molecular weight excluding hydrogens is 749 g/mol. The van der Waals surface area contributed by atoms with E-state index in [-0.39, 0.29) is 47.4 Å². The molecule has 6 rings (SSSR count). The smallest absolute Gasteiger partial charge is 0.335 e. The summed E-state index contributed by atoms with van der Waals surface area (Å²) in [5.74, 6) is -1.81. The van der Waals surface area contributed by atoms with E-state index >= 15 is 0 Å². The van der Waals surface area contributed by atoms with Gasteiger partial charge in [-0.3, -0.25) is 34.4 Å². The minimum atomic E-state index is -1.17. The number of aromatic carboxylic acids is 1. The molecule has 0 radical (unpaired) electrons. The number of anilines is 2. The van der Waals surface area contributed by atoms with Crippen molar-refractivity contribution in [1.82, 2.24) is 44.0 Å². The van der Waals surface area contributed by atoms with Crippen LogP contribution in [0.1, 0.15) is 73.3 Å². The number of primary amides is 1. The molecule has 304 valence electrons. The molecule has 6 aromatic rings. The van der Waals surface area contributed by atoms with Crippen molar-refractivity contribution in [1.29, 1.82) is 0 Å². The number of carbonyl (C=O) groups excluding carboxylic acids is 3. The molecule has 0 spiro atoms. The topological polar surface area (TPSA) is 240 Å². The van der Waals surface area contributed by atoms with Gasteiger partial charge >= 0.3 is 5.97 Å². The number of aromatic nitrogens is 8. The molecule has 0 fully saturated rings. The van der Waals surface area contributed by atoms with Crippen LogP contribution in [0.5, 0.6) is 11.5 Å². The highest BCUT2D eigenvalue weighted by Crippen LogP contribution is 2.33. The highest BCUT2D eigenvalue weighted by molar-refractivity contribution is 6.05. The summed E-state index contributed by atoms with van der Waals surface area (Å²) >= 11 is 0. The largest absolute Gasteiger partial charge is 0.494 e. The van der Waals surface area contributed by atoms with E-state index in [0.29, 0.717) is 77.7 Å². The number of carbonyl (C=O) groups is 4. The van der Waals surface area contributed by atoms with Gasteiger partial charge in [-0.1, -0.05) is 12.2 Å². The standard InChI is InChI=1S/C39H46N12O7/c1-7-50-28(16-22(3)46-50)35(53)44-38-43-27-19-25(37(55)56)21-30(57-6)32(27)48(38)13-9-10-14-49-33-26(18-24(34(40)52)20-31(33)58-15-11-12-41-5)42-39(49)45-36(54)29-17-23(4)47-51(29)8-2/h9-10,16-21,41H,7-8,11-15H2,1-6H3,(H2,40,52)(H,55,56)(H,42,45,54)(H,43,44,53)/b10-9+. The Bertz CT molecular complexity index is 2560. The number of methoxy groups -OCH3 is 1. The molecule has 4 heterocycles. The van der Waals surface area contributed by atoms with Crippen LogP contribution in [0.2, 0.25) is 0 Å². The van der Waals surface area contributed by atoms with E-state index in [1.165, 1.54) is 19.2 Å². The zero-order chi connectivity index (χ0) is 41.7. The number of hydrogen-bond acceptors (Lipinski definition) is 11. The molecule has 0 unspecified atom stereocenters. The molecular formula is C39H46N12O7. The Morgan fingerprint density at radius 2 is 1.28 bits per heavy atom. The summed E-state index contributed by atoms with van der Waals surface area (Å²) < 4.78 is 18.4. The Morgan fingerprint density at radius 3 is 1.74 bits per heavy atom. The van der Waals surface area contributed by atoms with Crippen LogP contribution in [0.4, 0.5) is 11.9 Å². The Hall–Kier alpha value is -7.02. The summed E-state index contributed by atoms with van der Waals surface area (Å²) in [5, 5.41) is 27.4. The van der Waals surface area contributed by atoms with Gasteiger partial charge in [0.05, 0.1) is 41.7 Å². The van der Waals surface area contributed by atoms with Gasteiger partial charge in [-0.15, -0.1) is 0 Å². The second-order valence-electron chi connectivity index (χ2n) is 13.3. The molecule has 19 heteroatoms. The van der Waals surface area contributed by atoms with Crippen LogP contribution in [0.3, 0.4) is 0 Å². The number of benzene rings is 2. The number of hydrogen-bond donors (Lipinski definition) is 5. The third-order valence-corrected chi connectivity index (χ3v) is 9.26. The van der Waals surface area contributed by atoms with E-state index in [2.05, 4.69) is 31.1 Å². The molecule has 0 saturated carbocycles. The van der Waals surface area contributed by atoms with Crippen LogP contribution in [0.15, 0.2) is 48.6 Å². The number of ether oxygens (including phenoxy) is 2. The number of rotatable bonds is 18. The summed E-state index contributed by atoms with van der Waals surface area (Å²) in [6.07, 6.45) is 4.32. The number of allylic oxidation sites excluding steroid dienone is 2. The van der Waals surface area contributed by atoms with E-state index in [1.54, 1.807) is 56.6 Å². The predicted molar refractivity (Wildman–Crippen MR) is 216 cm³/mol. The first kappa shape index (κ1) is 40.6. The Kier molecular flexibility index (Phi) is 12.2. The van der Waals surface area contributed by atoms with Crippen molar-refractivity contribution >= 4 is 57.7 Å². The van der Waals surface area contributed by atoms with Gasteiger partial charge in [-0.25, -0.2) is 14.8 Å². The quantitative estimate of drug-likeness (QED) is 0.0613. The third kappa shape index (κ3) is 8.38. The van der Waals surface area contributed by atoms with Gasteiger partial charge in [0.15, 0.2) is 0 Å². The zero-order valence-corrected chi connectivity index (χ0v) is 33.1. The van der Waals surface area contributed by atoms with E-state index in [4.69, 9.17) is 20.2 Å². The van der Waals surface area contributed by atoms with Crippen molar-refractivity contribution in [3.63, 3.8) is 0 Å². The van der Waals surface area contributed by atoms with Crippen molar-refractivity contribution in [3.05, 3.63) is 82.5 Å². The number of imidazole rings is 2. The number of nitrogens with zero attached hydrogens (tertiary/aromatic N) is 8. The molecule has 0 saturated heterocycles. The number of carboxylic acids is 1. The lowest BCUT2D eigenvalue weighted by atomic mass is 10.1. The van der Waals surface area contributed by atoms with Crippen molar-refractivity contribution in [3.8, 4) is 11.5 Å². The van der Waals surface area contributed by atoms with E-state index in [1.807, 2.05) is 33.0 Å². The molecule has 2 aromatic carbocycles. The summed E-state index contributed by atoms with van der Waals surface area (Å²) in [5.41, 5.74) is 9.49. The second-order valence-corrected chi connectivity index (χ2v) is 13.3. The van der Waals surface area contributed by atoms with Gasteiger partial charge in [-0.2, -0.15) is 10.2 Å². The van der Waals surface area contributed by atoms with Crippen molar-refractivity contribution in [2.24, 2.45) is 5.73 Å². The van der Waals surface area contributed by atoms with Crippen LogP contribution < -0.4 is 31.2 Å². The minimum Gasteiger partial charge on any atom is -0.494 e. The molecule has 0 aliphatic heterocycles. The molecule has 0 atom stereocenters. The van der Waals surface area contributed by atoms with Crippen LogP contribution in [-0.4, -0.2) is 94.8 Å². The number of nitrogens with two attached hydrogens (primary N) is 1. The maximum absolute atomic E-state index is 13.7. The first-order valence-corrected chi connectivity index (χ1v) is 18.7. The molecule has 19 nitrogen and oxygen atoms in total. The summed E-state index contributed by atoms with van der Waals surface area (Å²) in [6.45, 7) is 9.60. The maximum Gasteiger partial charge on any atom is 0.335 e. The lowest BCUT2D eigenvalue weighted by Crippen LogP contribution is -2.20. The minimum absolute atomic E-state index is 0.0377. The normalized spacial score (nSPS) is 11.5. The van der Waals surface area contributed by atoms with Gasteiger partial charge < -0.3 is 34.8 Å². The van der Waals surface area contributed by atoms with Crippen molar-refractivity contribution in [2.75, 3.05) is 37.9 Å². The molecule has 0 aliphatic carbocycles. The first-order valence-electron chi connectivity index (χ1n) is 18.7. The second kappa shape index (κ2) is 17.4. The molecule has 3 amide bonds. The monoisotopic (exact) mass is 794 g/mol. The molecule has 4 aromatic heterocycles. The van der Waals surface area contributed by atoms with Gasteiger partial charge in [0.1, 0.15) is 33.9 Å². The van der Waals surface area contributed by atoms with Gasteiger partial charge in [0.2, 0.25) is 17.8 Å². The van der Waals surface area contributed by atoms with Crippen LogP contribution >= 0.6 is 0 Å². The summed E-state index contributed by atoms with van der Waals surface area (Å²) in [6, 6.07) is 9.26. The number of nitrogens with one attached hydrogen (secondary N) is 3. The maximum atomic E-state index is 13.7. The Balaban J connectivity index is 1.41. The van der Waals surface area contributed by atoms with Gasteiger partial charge in [0.25, 0.3) is 11.8 Å². The highest BCUT2D eigenvalue weighted by Gasteiger charge is 2.24. The Morgan fingerprint density at radius 1 is 0.776 bits per heavy atom. The van der Waals surface area contributed by atoms with E-state index in [9.17, 15) is 24.3 Å². The first-order chi connectivity index (χ1) is 27.9. The van der Waals surface area contributed by atoms with E-state index in [0.717, 1.165) is 0 Å². The highest BCUT2D eigenvalue weighted by atomic mass is 16.5. The van der Waals surface area contributed by atoms with Gasteiger partial charge in [-0.05, 0) is 84.1 Å². The number of amides is 3. The average Bonchev–Trinajstić information content (AvgIpc) is 3.96. The fourth-order valence-corrected chi connectivity index (χ4v) is 6.60. The molecule has 0 aliphatic rings. The zero-order valence-electron chi connectivity index (χ0n) is 33.1. The predicted octanol–water partition coefficient (Wildman–Crippen LogP) is 3.99. The van der Waals surface area contributed by atoms with Crippen LogP contribution in [-0.2, 0) is 26.2 Å². The number of carboxylic acid groups (broad SMARTS) is 1. The summed E-state index contributed by atoms with van der Waals surface area (Å²) in [7, 11) is 3.26. The fraction of sp³-hybridized carbons (Fsp3) is 0.333. The molecule has 6 N–H and O–H groups in total. The third-order valence-electron chi connectivity index (χ3n) is 9.26. The summed E-state index contributed by atoms with van der Waals surface area (Å²) in [4.78, 5) is 61.0. The average molecular weight is 795 g/mol. The molecule has 58 heavy (non-hydrogen) atoms. The lowest BCUT2D eigenvalue weighted by Gasteiger charge is -2.13. The van der Waals surface area contributed by atoms with Crippen LogP contribution in [0.25, 0.3) is 22.1 Å². The lowest BCUT2D eigenvalue weighted by molar-refractivity contribution is 0.0696. The molecule has 0 bridgehead atoms. The van der Waals surface area contributed by atoms with Crippen molar-refractivity contribution < 1.29 is 33.8 Å². The van der Waals surface area contributed by atoms with E-state index < -0.39 is 23.7 Å². The SMILES string of the molecule is CCn1nc(C)cc1C(=O)Nc1nc2cc(C(=O)O)cc(OC)c2n1C/C=C/Cn1c(NC(=O)c2cc(C)nn2CC)nc2cc(C(N)=O)cc(OCCCNC)c21. The van der Waals surface area contributed by atoms with Crippen LogP contribution in [0, 0.1) is 13.8 Å². The Labute approximate surface area is 332 Å². The number of aryl methyl sites for hydroxylation is 4. The fourth-order valence-electron chi connectivity index (χ4n) is 6.60. The van der Waals surface area contributed by atoms with Crippen molar-refractivity contribution in [2.45, 2.75) is 60.3 Å². The van der Waals surface area contributed by atoms with Gasteiger partial charge in [0, 0.05) is 31.7 Å². The number of fused-ring (bicyclic) bond motifs is 2.